The third-order valence-electron chi connectivity index (χ3n) is 4.92. The predicted molar refractivity (Wildman–Crippen MR) is 97.9 cm³/mol. The Morgan fingerprint density at radius 2 is 1.96 bits per heavy atom. The molecule has 0 spiro atoms. The summed E-state index contributed by atoms with van der Waals surface area (Å²) in [6.45, 7) is 1.73. The van der Waals surface area contributed by atoms with Crippen molar-refractivity contribution in [1.82, 2.24) is 9.47 Å². The minimum Gasteiger partial charge on any atom is -0.483 e. The lowest BCUT2D eigenvalue weighted by Crippen LogP contribution is -2.51. The molecule has 0 N–H and O–H groups in total. The molecule has 1 aromatic heterocycles. The van der Waals surface area contributed by atoms with Gasteiger partial charge in [0.15, 0.2) is 11.4 Å². The average Bonchev–Trinajstić information content (AvgIpc) is 2.63. The van der Waals surface area contributed by atoms with Gasteiger partial charge in [-0.1, -0.05) is 30.3 Å². The first kappa shape index (κ1) is 16.4. The Balaban J connectivity index is 1.73. The lowest BCUT2D eigenvalue weighted by Gasteiger charge is -2.41. The molecule has 2 aromatic rings. The SMILES string of the molecule is O=C1c2c(OCc3ccccc3)c(=O)c(Br)cn2C[C@@H]2CCCCN12. The van der Waals surface area contributed by atoms with Crippen LogP contribution in [0, 0.1) is 0 Å². The minimum atomic E-state index is -0.272. The van der Waals surface area contributed by atoms with E-state index < -0.39 is 0 Å². The second kappa shape index (κ2) is 6.67. The van der Waals surface area contributed by atoms with Gasteiger partial charge < -0.3 is 14.2 Å². The van der Waals surface area contributed by atoms with Crippen LogP contribution in [0.2, 0.25) is 0 Å². The topological polar surface area (TPSA) is 51.5 Å². The molecule has 6 heteroatoms. The van der Waals surface area contributed by atoms with Gasteiger partial charge in [-0.05, 0) is 40.8 Å². The molecule has 1 fully saturated rings. The van der Waals surface area contributed by atoms with E-state index in [0.717, 1.165) is 31.4 Å². The van der Waals surface area contributed by atoms with Crippen molar-refractivity contribution in [3.05, 3.63) is 62.5 Å². The van der Waals surface area contributed by atoms with E-state index in [1.807, 2.05) is 39.8 Å². The number of halogens is 1. The maximum atomic E-state index is 13.0. The molecule has 2 aliphatic rings. The zero-order valence-electron chi connectivity index (χ0n) is 13.8. The number of rotatable bonds is 3. The number of carbonyl (C=O) groups excluding carboxylic acids is 1. The number of amides is 1. The van der Waals surface area contributed by atoms with Crippen LogP contribution < -0.4 is 10.2 Å². The molecule has 1 saturated heterocycles. The molecule has 1 amide bonds. The summed E-state index contributed by atoms with van der Waals surface area (Å²) in [6, 6.07) is 9.86. The van der Waals surface area contributed by atoms with E-state index in [0.29, 0.717) is 16.7 Å². The summed E-state index contributed by atoms with van der Waals surface area (Å²) < 4.78 is 8.14. The van der Waals surface area contributed by atoms with Crippen molar-refractivity contribution in [1.29, 1.82) is 0 Å². The van der Waals surface area contributed by atoms with E-state index in [9.17, 15) is 9.59 Å². The molecule has 130 valence electrons. The van der Waals surface area contributed by atoms with E-state index in [1.165, 1.54) is 0 Å². The summed E-state index contributed by atoms with van der Waals surface area (Å²) in [6.07, 6.45) is 4.89. The second-order valence-electron chi connectivity index (χ2n) is 6.56. The van der Waals surface area contributed by atoms with Crippen LogP contribution in [-0.4, -0.2) is 28.0 Å². The second-order valence-corrected chi connectivity index (χ2v) is 7.41. The fourth-order valence-electron chi connectivity index (χ4n) is 3.65. The first-order chi connectivity index (χ1) is 12.1. The van der Waals surface area contributed by atoms with Crippen LogP contribution in [0.1, 0.15) is 35.3 Å². The lowest BCUT2D eigenvalue weighted by molar-refractivity contribution is 0.0502. The third kappa shape index (κ3) is 2.99. The smallest absolute Gasteiger partial charge is 0.274 e. The van der Waals surface area contributed by atoms with Gasteiger partial charge in [0.1, 0.15) is 6.61 Å². The van der Waals surface area contributed by atoms with Crippen LogP contribution in [0.15, 0.2) is 45.8 Å². The molecule has 0 unspecified atom stereocenters. The zero-order valence-corrected chi connectivity index (χ0v) is 15.4. The van der Waals surface area contributed by atoms with Crippen LogP contribution in [-0.2, 0) is 13.2 Å². The van der Waals surface area contributed by atoms with E-state index in [4.69, 9.17) is 4.74 Å². The van der Waals surface area contributed by atoms with Gasteiger partial charge in [-0.25, -0.2) is 0 Å². The maximum absolute atomic E-state index is 13.0. The molecule has 0 aliphatic carbocycles. The van der Waals surface area contributed by atoms with Crippen LogP contribution in [0.5, 0.6) is 5.75 Å². The highest BCUT2D eigenvalue weighted by Gasteiger charge is 2.37. The fraction of sp³-hybridized carbons (Fsp3) is 0.368. The van der Waals surface area contributed by atoms with Gasteiger partial charge in [0, 0.05) is 25.3 Å². The highest BCUT2D eigenvalue weighted by molar-refractivity contribution is 9.10. The first-order valence-corrected chi connectivity index (χ1v) is 9.35. The Labute approximate surface area is 154 Å². The average molecular weight is 403 g/mol. The Morgan fingerprint density at radius 3 is 2.76 bits per heavy atom. The van der Waals surface area contributed by atoms with Gasteiger partial charge >= 0.3 is 0 Å². The van der Waals surface area contributed by atoms with Crippen molar-refractivity contribution in [2.75, 3.05) is 6.54 Å². The quantitative estimate of drug-likeness (QED) is 0.791. The number of carbonyl (C=O) groups is 1. The number of hydrogen-bond donors (Lipinski definition) is 0. The van der Waals surface area contributed by atoms with Gasteiger partial charge in [0.2, 0.25) is 5.43 Å². The Kier molecular flexibility index (Phi) is 4.37. The van der Waals surface area contributed by atoms with Crippen LogP contribution in [0.4, 0.5) is 0 Å². The maximum Gasteiger partial charge on any atom is 0.274 e. The van der Waals surface area contributed by atoms with Crippen LogP contribution in [0.25, 0.3) is 0 Å². The predicted octanol–water partition coefficient (Wildman–Crippen LogP) is 3.20. The molecular weight excluding hydrogens is 384 g/mol. The number of fused-ring (bicyclic) bond motifs is 2. The molecule has 1 atom stereocenters. The number of aromatic nitrogens is 1. The van der Waals surface area contributed by atoms with Crippen molar-refractivity contribution in [2.24, 2.45) is 0 Å². The summed E-state index contributed by atoms with van der Waals surface area (Å²) >= 11 is 3.32. The minimum absolute atomic E-state index is 0.0939. The number of ether oxygens (including phenoxy) is 1. The number of hydrogen-bond acceptors (Lipinski definition) is 3. The molecule has 3 heterocycles. The summed E-state index contributed by atoms with van der Waals surface area (Å²) in [7, 11) is 0. The van der Waals surface area contributed by atoms with Crippen LogP contribution >= 0.6 is 15.9 Å². The molecule has 2 aliphatic heterocycles. The van der Waals surface area contributed by atoms with Crippen LogP contribution in [0.3, 0.4) is 0 Å². The Morgan fingerprint density at radius 1 is 1.16 bits per heavy atom. The van der Waals surface area contributed by atoms with E-state index in [2.05, 4.69) is 15.9 Å². The monoisotopic (exact) mass is 402 g/mol. The number of benzene rings is 1. The molecule has 25 heavy (non-hydrogen) atoms. The first-order valence-electron chi connectivity index (χ1n) is 8.56. The number of pyridine rings is 1. The van der Waals surface area contributed by atoms with Crippen molar-refractivity contribution in [3.63, 3.8) is 0 Å². The lowest BCUT2D eigenvalue weighted by atomic mass is 9.98. The van der Waals surface area contributed by atoms with Crippen molar-refractivity contribution >= 4 is 21.8 Å². The Hall–Kier alpha value is -2.08. The summed E-state index contributed by atoms with van der Waals surface area (Å²) in [5, 5.41) is 0. The fourth-order valence-corrected chi connectivity index (χ4v) is 4.08. The summed E-state index contributed by atoms with van der Waals surface area (Å²) in [5.41, 5.74) is 1.06. The van der Waals surface area contributed by atoms with Crippen molar-refractivity contribution in [2.45, 2.75) is 38.5 Å². The van der Waals surface area contributed by atoms with Gasteiger partial charge in [-0.15, -0.1) is 0 Å². The standard InChI is InChI=1S/C19H19BrN2O3/c20-15-11-21-10-14-8-4-5-9-22(14)19(24)16(21)18(17(15)23)25-12-13-6-2-1-3-7-13/h1-3,6-7,11,14H,4-5,8-10,12H2/t14-/m0/s1. The Bertz CT molecular complexity index is 863. The highest BCUT2D eigenvalue weighted by Crippen LogP contribution is 2.30. The largest absolute Gasteiger partial charge is 0.483 e. The summed E-state index contributed by atoms with van der Waals surface area (Å²) in [4.78, 5) is 27.5. The van der Waals surface area contributed by atoms with Crippen molar-refractivity contribution in [3.8, 4) is 5.75 Å². The van der Waals surface area contributed by atoms with E-state index in [1.54, 1.807) is 6.20 Å². The number of nitrogens with zero attached hydrogens (tertiary/aromatic N) is 2. The normalized spacial score (nSPS) is 19.3. The molecular formula is C19H19BrN2O3. The molecule has 0 radical (unpaired) electrons. The summed E-state index contributed by atoms with van der Waals surface area (Å²) in [5.74, 6) is 0.0517. The van der Waals surface area contributed by atoms with Crippen molar-refractivity contribution < 1.29 is 9.53 Å². The van der Waals surface area contributed by atoms with Gasteiger partial charge in [-0.3, -0.25) is 9.59 Å². The molecule has 4 rings (SSSR count). The van der Waals surface area contributed by atoms with Gasteiger partial charge in [0.05, 0.1) is 4.47 Å². The van der Waals surface area contributed by atoms with E-state index in [-0.39, 0.29) is 29.7 Å². The highest BCUT2D eigenvalue weighted by atomic mass is 79.9. The van der Waals surface area contributed by atoms with Gasteiger partial charge in [0.25, 0.3) is 5.91 Å². The van der Waals surface area contributed by atoms with E-state index >= 15 is 0 Å². The molecule has 5 nitrogen and oxygen atoms in total. The zero-order chi connectivity index (χ0) is 17.4. The molecule has 0 saturated carbocycles. The third-order valence-corrected chi connectivity index (χ3v) is 5.48. The molecule has 0 bridgehead atoms. The molecule has 1 aromatic carbocycles. The number of piperidine rings is 1. The van der Waals surface area contributed by atoms with Gasteiger partial charge in [-0.2, -0.15) is 0 Å².